The Balaban J connectivity index is 1.61. The lowest BCUT2D eigenvalue weighted by Gasteiger charge is -2.27. The molecule has 1 aromatic heterocycles. The van der Waals surface area contributed by atoms with E-state index in [1.165, 1.54) is 11.1 Å². The van der Waals surface area contributed by atoms with Gasteiger partial charge >= 0.3 is 0 Å². The normalized spacial score (nSPS) is 16.5. The van der Waals surface area contributed by atoms with E-state index in [9.17, 15) is 4.79 Å². The molecule has 0 aliphatic heterocycles. The maximum atomic E-state index is 12.3. The number of fused-ring (bicyclic) bond motifs is 1. The SMILES string of the molecule is COc1ccc2c(c1)CCC[C@H]2NC(=O)CCc1ccncc1. The summed E-state index contributed by atoms with van der Waals surface area (Å²) in [6, 6.07) is 10.2. The van der Waals surface area contributed by atoms with Gasteiger partial charge in [-0.15, -0.1) is 0 Å². The summed E-state index contributed by atoms with van der Waals surface area (Å²) in [5, 5.41) is 3.19. The molecule has 1 heterocycles. The molecule has 3 rings (SSSR count). The number of benzene rings is 1. The quantitative estimate of drug-likeness (QED) is 0.922. The van der Waals surface area contributed by atoms with Gasteiger partial charge in [-0.05, 0) is 66.6 Å². The summed E-state index contributed by atoms with van der Waals surface area (Å²) in [4.78, 5) is 16.3. The first-order valence-electron chi connectivity index (χ1n) is 8.11. The minimum Gasteiger partial charge on any atom is -0.497 e. The van der Waals surface area contributed by atoms with Gasteiger partial charge in [0.15, 0.2) is 0 Å². The zero-order valence-electron chi connectivity index (χ0n) is 13.4. The van der Waals surface area contributed by atoms with E-state index in [4.69, 9.17) is 4.74 Å². The van der Waals surface area contributed by atoms with Crippen LogP contribution in [0.3, 0.4) is 0 Å². The molecule has 1 amide bonds. The van der Waals surface area contributed by atoms with Crippen molar-refractivity contribution in [2.75, 3.05) is 7.11 Å². The highest BCUT2D eigenvalue weighted by Gasteiger charge is 2.22. The number of aryl methyl sites for hydroxylation is 2. The summed E-state index contributed by atoms with van der Waals surface area (Å²) in [5.41, 5.74) is 3.66. The van der Waals surface area contributed by atoms with Crippen LogP contribution in [-0.4, -0.2) is 18.0 Å². The van der Waals surface area contributed by atoms with Crippen molar-refractivity contribution in [2.24, 2.45) is 0 Å². The van der Waals surface area contributed by atoms with Crippen molar-refractivity contribution in [3.63, 3.8) is 0 Å². The van der Waals surface area contributed by atoms with Crippen molar-refractivity contribution >= 4 is 5.91 Å². The van der Waals surface area contributed by atoms with E-state index in [0.29, 0.717) is 6.42 Å². The highest BCUT2D eigenvalue weighted by atomic mass is 16.5. The summed E-state index contributed by atoms with van der Waals surface area (Å²) >= 11 is 0. The van der Waals surface area contributed by atoms with E-state index < -0.39 is 0 Å². The molecule has 0 saturated carbocycles. The molecule has 1 aromatic carbocycles. The number of hydrogen-bond donors (Lipinski definition) is 1. The first-order valence-corrected chi connectivity index (χ1v) is 8.11. The largest absolute Gasteiger partial charge is 0.497 e. The van der Waals surface area contributed by atoms with Crippen molar-refractivity contribution < 1.29 is 9.53 Å². The topological polar surface area (TPSA) is 51.2 Å². The van der Waals surface area contributed by atoms with Crippen LogP contribution < -0.4 is 10.1 Å². The zero-order valence-corrected chi connectivity index (χ0v) is 13.4. The van der Waals surface area contributed by atoms with Crippen LogP contribution in [0, 0.1) is 0 Å². The molecule has 120 valence electrons. The third kappa shape index (κ3) is 3.89. The van der Waals surface area contributed by atoms with Gasteiger partial charge in [0.1, 0.15) is 5.75 Å². The first kappa shape index (κ1) is 15.5. The second kappa shape index (κ2) is 7.27. The lowest BCUT2D eigenvalue weighted by Crippen LogP contribution is -2.31. The van der Waals surface area contributed by atoms with Crippen molar-refractivity contribution in [1.29, 1.82) is 0 Å². The lowest BCUT2D eigenvalue weighted by molar-refractivity contribution is -0.121. The monoisotopic (exact) mass is 310 g/mol. The Morgan fingerprint density at radius 3 is 2.91 bits per heavy atom. The summed E-state index contributed by atoms with van der Waals surface area (Å²) in [6.45, 7) is 0. The third-order valence-corrected chi connectivity index (χ3v) is 4.39. The predicted octanol–water partition coefficient (Wildman–Crippen LogP) is 3.22. The summed E-state index contributed by atoms with van der Waals surface area (Å²) < 4.78 is 5.29. The molecule has 4 nitrogen and oxygen atoms in total. The Morgan fingerprint density at radius 1 is 1.30 bits per heavy atom. The summed E-state index contributed by atoms with van der Waals surface area (Å²) in [7, 11) is 1.68. The van der Waals surface area contributed by atoms with Crippen molar-refractivity contribution in [3.05, 3.63) is 59.4 Å². The van der Waals surface area contributed by atoms with Crippen LogP contribution in [0.4, 0.5) is 0 Å². The van der Waals surface area contributed by atoms with Crippen LogP contribution in [0.25, 0.3) is 0 Å². The van der Waals surface area contributed by atoms with E-state index >= 15 is 0 Å². The average Bonchev–Trinajstić information content (AvgIpc) is 2.60. The van der Waals surface area contributed by atoms with Gasteiger partial charge in [0, 0.05) is 18.8 Å². The second-order valence-corrected chi connectivity index (χ2v) is 5.93. The third-order valence-electron chi connectivity index (χ3n) is 4.39. The van der Waals surface area contributed by atoms with E-state index in [-0.39, 0.29) is 11.9 Å². The number of carbonyl (C=O) groups excluding carboxylic acids is 1. The predicted molar refractivity (Wildman–Crippen MR) is 89.4 cm³/mol. The maximum absolute atomic E-state index is 12.3. The lowest BCUT2D eigenvalue weighted by atomic mass is 9.87. The second-order valence-electron chi connectivity index (χ2n) is 5.93. The minimum absolute atomic E-state index is 0.107. The number of pyridine rings is 1. The number of carbonyl (C=O) groups is 1. The van der Waals surface area contributed by atoms with Crippen molar-refractivity contribution in [1.82, 2.24) is 10.3 Å². The molecular weight excluding hydrogens is 288 g/mol. The summed E-state index contributed by atoms with van der Waals surface area (Å²) in [6.07, 6.45) is 7.92. The van der Waals surface area contributed by atoms with Gasteiger partial charge in [-0.25, -0.2) is 0 Å². The fourth-order valence-electron chi connectivity index (χ4n) is 3.14. The molecule has 1 aliphatic rings. The molecule has 0 saturated heterocycles. The number of amides is 1. The summed E-state index contributed by atoms with van der Waals surface area (Å²) in [5.74, 6) is 0.990. The van der Waals surface area contributed by atoms with Crippen LogP contribution in [0.2, 0.25) is 0 Å². The number of ether oxygens (including phenoxy) is 1. The standard InChI is InChI=1S/C19H22N2O2/c1-23-16-6-7-17-15(13-16)3-2-4-18(17)21-19(22)8-5-14-9-11-20-12-10-14/h6-7,9-13,18H,2-5,8H2,1H3,(H,21,22)/t18-/m1/s1. The Labute approximate surface area is 136 Å². The van der Waals surface area contributed by atoms with Crippen LogP contribution >= 0.6 is 0 Å². The van der Waals surface area contributed by atoms with Crippen LogP contribution in [0.1, 0.15) is 42.0 Å². The molecule has 0 fully saturated rings. The smallest absolute Gasteiger partial charge is 0.220 e. The van der Waals surface area contributed by atoms with Crippen LogP contribution in [0.15, 0.2) is 42.7 Å². The van der Waals surface area contributed by atoms with Gasteiger partial charge in [-0.2, -0.15) is 0 Å². The molecule has 4 heteroatoms. The van der Waals surface area contributed by atoms with Gasteiger partial charge in [0.2, 0.25) is 5.91 Å². The zero-order chi connectivity index (χ0) is 16.1. The Kier molecular flexibility index (Phi) is 4.91. The molecule has 0 unspecified atom stereocenters. The number of rotatable bonds is 5. The van der Waals surface area contributed by atoms with Gasteiger partial charge < -0.3 is 10.1 Å². The highest BCUT2D eigenvalue weighted by Crippen LogP contribution is 2.32. The molecule has 23 heavy (non-hydrogen) atoms. The van der Waals surface area contributed by atoms with E-state index in [2.05, 4.69) is 22.4 Å². The number of hydrogen-bond acceptors (Lipinski definition) is 3. The number of methoxy groups -OCH3 is 1. The highest BCUT2D eigenvalue weighted by molar-refractivity contribution is 5.76. The maximum Gasteiger partial charge on any atom is 0.220 e. The number of nitrogens with zero attached hydrogens (tertiary/aromatic N) is 1. The Hall–Kier alpha value is -2.36. The molecule has 1 N–H and O–H groups in total. The minimum atomic E-state index is 0.107. The van der Waals surface area contributed by atoms with Crippen LogP contribution in [0.5, 0.6) is 5.75 Å². The van der Waals surface area contributed by atoms with E-state index in [0.717, 1.165) is 37.0 Å². The van der Waals surface area contributed by atoms with Gasteiger partial charge in [0.25, 0.3) is 0 Å². The van der Waals surface area contributed by atoms with Crippen molar-refractivity contribution in [2.45, 2.75) is 38.1 Å². The van der Waals surface area contributed by atoms with E-state index in [1.807, 2.05) is 18.2 Å². The molecule has 1 atom stereocenters. The number of aromatic nitrogens is 1. The molecule has 1 aliphatic carbocycles. The van der Waals surface area contributed by atoms with Crippen molar-refractivity contribution in [3.8, 4) is 5.75 Å². The van der Waals surface area contributed by atoms with E-state index in [1.54, 1.807) is 19.5 Å². The number of nitrogens with one attached hydrogen (secondary N) is 1. The molecule has 0 spiro atoms. The van der Waals surface area contributed by atoms with Crippen LogP contribution in [-0.2, 0) is 17.6 Å². The Morgan fingerprint density at radius 2 is 2.13 bits per heavy atom. The van der Waals surface area contributed by atoms with Gasteiger partial charge in [-0.3, -0.25) is 9.78 Å². The molecule has 2 aromatic rings. The van der Waals surface area contributed by atoms with Gasteiger partial charge in [0.05, 0.1) is 13.2 Å². The fraction of sp³-hybridized carbons (Fsp3) is 0.368. The molecular formula is C19H22N2O2. The fourth-order valence-corrected chi connectivity index (χ4v) is 3.14. The molecule has 0 radical (unpaired) electrons. The Bertz CT molecular complexity index is 670. The average molecular weight is 310 g/mol. The first-order chi connectivity index (χ1) is 11.3. The van der Waals surface area contributed by atoms with Gasteiger partial charge in [-0.1, -0.05) is 6.07 Å². The molecule has 0 bridgehead atoms.